The van der Waals surface area contributed by atoms with Crippen LogP contribution in [0.15, 0.2) is 0 Å². The molecular weight excluding hydrogens is 232 g/mol. The first-order chi connectivity index (χ1) is 9.27. The first kappa shape index (κ1) is 15.3. The minimum absolute atomic E-state index is 0.657. The van der Waals surface area contributed by atoms with Crippen molar-refractivity contribution in [2.24, 2.45) is 5.92 Å². The highest BCUT2D eigenvalue weighted by molar-refractivity contribution is 4.92. The van der Waals surface area contributed by atoms with Gasteiger partial charge in [-0.05, 0) is 51.6 Å². The highest BCUT2D eigenvalue weighted by atomic mass is 15.2. The number of rotatable bonds is 5. The second-order valence-corrected chi connectivity index (χ2v) is 6.67. The molecule has 0 aromatic rings. The molecule has 2 fully saturated rings. The molecule has 1 N–H and O–H groups in total. The van der Waals surface area contributed by atoms with Gasteiger partial charge in [0.2, 0.25) is 0 Å². The fourth-order valence-corrected chi connectivity index (χ4v) is 4.49. The summed E-state index contributed by atoms with van der Waals surface area (Å²) < 4.78 is 0. The van der Waals surface area contributed by atoms with Gasteiger partial charge in [0.15, 0.2) is 0 Å². The van der Waals surface area contributed by atoms with E-state index in [9.17, 15) is 0 Å². The van der Waals surface area contributed by atoms with Crippen LogP contribution in [0.5, 0.6) is 0 Å². The van der Waals surface area contributed by atoms with Crippen LogP contribution in [-0.2, 0) is 0 Å². The maximum Gasteiger partial charge on any atom is 0.0249 e. The molecule has 19 heavy (non-hydrogen) atoms. The zero-order chi connectivity index (χ0) is 13.7. The van der Waals surface area contributed by atoms with Crippen LogP contribution in [0.3, 0.4) is 0 Å². The lowest BCUT2D eigenvalue weighted by Gasteiger charge is -2.48. The lowest BCUT2D eigenvalue weighted by molar-refractivity contribution is 0.0235. The Morgan fingerprint density at radius 3 is 2.53 bits per heavy atom. The zero-order valence-corrected chi connectivity index (χ0v) is 13.3. The number of nitrogens with one attached hydrogen (secondary N) is 1. The van der Waals surface area contributed by atoms with E-state index in [1.165, 1.54) is 57.9 Å². The van der Waals surface area contributed by atoms with E-state index in [-0.39, 0.29) is 0 Å². The minimum Gasteiger partial charge on any atom is -0.313 e. The van der Waals surface area contributed by atoms with Gasteiger partial charge < -0.3 is 5.32 Å². The Morgan fingerprint density at radius 1 is 1.05 bits per heavy atom. The third kappa shape index (κ3) is 3.72. The molecule has 0 spiro atoms. The van der Waals surface area contributed by atoms with Gasteiger partial charge in [-0.3, -0.25) is 4.90 Å². The Kier molecular flexibility index (Phi) is 6.15. The summed E-state index contributed by atoms with van der Waals surface area (Å²) in [5.41, 5.74) is 0. The first-order valence-corrected chi connectivity index (χ1v) is 8.77. The SMILES string of the molecule is CCNC(C)C1CCCCN1C1CCCCC1CC. The number of hydrogen-bond donors (Lipinski definition) is 1. The molecule has 1 saturated heterocycles. The Balaban J connectivity index is 2.04. The largest absolute Gasteiger partial charge is 0.313 e. The van der Waals surface area contributed by atoms with Gasteiger partial charge in [0.1, 0.15) is 0 Å². The molecule has 4 unspecified atom stereocenters. The molecule has 112 valence electrons. The lowest BCUT2D eigenvalue weighted by atomic mass is 9.79. The van der Waals surface area contributed by atoms with E-state index in [1.807, 2.05) is 0 Å². The van der Waals surface area contributed by atoms with Gasteiger partial charge in [0.05, 0.1) is 0 Å². The van der Waals surface area contributed by atoms with E-state index >= 15 is 0 Å². The van der Waals surface area contributed by atoms with Crippen LogP contribution >= 0.6 is 0 Å². The zero-order valence-electron chi connectivity index (χ0n) is 13.3. The highest BCUT2D eigenvalue weighted by Crippen LogP contribution is 2.34. The Hall–Kier alpha value is -0.0800. The molecule has 1 aliphatic carbocycles. The van der Waals surface area contributed by atoms with E-state index in [1.54, 1.807) is 0 Å². The normalized spacial score (nSPS) is 35.2. The second kappa shape index (κ2) is 7.64. The highest BCUT2D eigenvalue weighted by Gasteiger charge is 2.36. The molecule has 1 saturated carbocycles. The van der Waals surface area contributed by atoms with Crippen molar-refractivity contribution in [3.8, 4) is 0 Å². The molecule has 0 amide bonds. The van der Waals surface area contributed by atoms with Crippen molar-refractivity contribution in [2.75, 3.05) is 13.1 Å². The quantitative estimate of drug-likeness (QED) is 0.814. The van der Waals surface area contributed by atoms with Crippen molar-refractivity contribution in [1.29, 1.82) is 0 Å². The van der Waals surface area contributed by atoms with Gasteiger partial charge in [0, 0.05) is 18.1 Å². The van der Waals surface area contributed by atoms with Gasteiger partial charge in [-0.15, -0.1) is 0 Å². The van der Waals surface area contributed by atoms with E-state index in [2.05, 4.69) is 31.0 Å². The van der Waals surface area contributed by atoms with Crippen LogP contribution < -0.4 is 5.32 Å². The van der Waals surface area contributed by atoms with Crippen molar-refractivity contribution in [3.63, 3.8) is 0 Å². The van der Waals surface area contributed by atoms with Gasteiger partial charge in [-0.2, -0.15) is 0 Å². The number of nitrogens with zero attached hydrogens (tertiary/aromatic N) is 1. The van der Waals surface area contributed by atoms with Crippen molar-refractivity contribution < 1.29 is 0 Å². The van der Waals surface area contributed by atoms with Gasteiger partial charge in [-0.25, -0.2) is 0 Å². The summed E-state index contributed by atoms with van der Waals surface area (Å²) in [7, 11) is 0. The molecule has 0 radical (unpaired) electrons. The van der Waals surface area contributed by atoms with Crippen molar-refractivity contribution in [2.45, 2.75) is 90.3 Å². The van der Waals surface area contributed by atoms with Crippen LogP contribution in [0.2, 0.25) is 0 Å². The van der Waals surface area contributed by atoms with Crippen LogP contribution in [0.1, 0.15) is 72.1 Å². The third-order valence-electron chi connectivity index (χ3n) is 5.51. The maximum atomic E-state index is 3.68. The van der Waals surface area contributed by atoms with Gasteiger partial charge in [0.25, 0.3) is 0 Å². The van der Waals surface area contributed by atoms with Crippen molar-refractivity contribution >= 4 is 0 Å². The summed E-state index contributed by atoms with van der Waals surface area (Å²) in [5, 5.41) is 3.68. The van der Waals surface area contributed by atoms with E-state index in [4.69, 9.17) is 0 Å². The summed E-state index contributed by atoms with van der Waals surface area (Å²) in [5.74, 6) is 0.961. The number of likely N-dealkylation sites (tertiary alicyclic amines) is 1. The molecule has 0 aromatic heterocycles. The minimum atomic E-state index is 0.657. The van der Waals surface area contributed by atoms with Crippen LogP contribution in [0, 0.1) is 5.92 Å². The molecule has 2 nitrogen and oxygen atoms in total. The molecule has 1 aliphatic heterocycles. The summed E-state index contributed by atoms with van der Waals surface area (Å²) in [6.07, 6.45) is 11.5. The first-order valence-electron chi connectivity index (χ1n) is 8.77. The topological polar surface area (TPSA) is 15.3 Å². The molecule has 2 aliphatic rings. The van der Waals surface area contributed by atoms with Gasteiger partial charge >= 0.3 is 0 Å². The third-order valence-corrected chi connectivity index (χ3v) is 5.51. The van der Waals surface area contributed by atoms with Crippen LogP contribution in [-0.4, -0.2) is 36.1 Å². The van der Waals surface area contributed by atoms with E-state index < -0.39 is 0 Å². The number of hydrogen-bond acceptors (Lipinski definition) is 2. The van der Waals surface area contributed by atoms with E-state index in [0.29, 0.717) is 6.04 Å². The molecule has 4 atom stereocenters. The predicted molar refractivity (Wildman–Crippen MR) is 83.5 cm³/mol. The Morgan fingerprint density at radius 2 is 1.79 bits per heavy atom. The number of likely N-dealkylation sites (N-methyl/N-ethyl adjacent to an activating group) is 1. The summed E-state index contributed by atoms with van der Waals surface area (Å²) in [6, 6.07) is 2.32. The Labute approximate surface area is 120 Å². The second-order valence-electron chi connectivity index (χ2n) is 6.67. The smallest absolute Gasteiger partial charge is 0.0249 e. The lowest BCUT2D eigenvalue weighted by Crippen LogP contribution is -2.56. The average Bonchev–Trinajstić information content (AvgIpc) is 2.47. The standard InChI is InChI=1S/C17H34N2/c1-4-15-10-6-7-12-17(15)19-13-9-8-11-16(19)14(3)18-5-2/h14-18H,4-13H2,1-3H3. The predicted octanol–water partition coefficient (Wildman–Crippen LogP) is 3.81. The maximum absolute atomic E-state index is 3.68. The fraction of sp³-hybridized carbons (Fsp3) is 1.00. The molecular formula is C17H34N2. The van der Waals surface area contributed by atoms with Crippen molar-refractivity contribution in [1.82, 2.24) is 10.2 Å². The van der Waals surface area contributed by atoms with Crippen LogP contribution in [0.4, 0.5) is 0 Å². The summed E-state index contributed by atoms with van der Waals surface area (Å²) in [4.78, 5) is 2.91. The average molecular weight is 266 g/mol. The Bertz CT molecular complexity index is 254. The van der Waals surface area contributed by atoms with E-state index in [0.717, 1.165) is 24.5 Å². The molecule has 0 aromatic carbocycles. The summed E-state index contributed by atoms with van der Waals surface area (Å²) in [6.45, 7) is 9.49. The molecule has 1 heterocycles. The fourth-order valence-electron chi connectivity index (χ4n) is 4.49. The number of piperidine rings is 1. The summed E-state index contributed by atoms with van der Waals surface area (Å²) >= 11 is 0. The molecule has 2 heteroatoms. The monoisotopic (exact) mass is 266 g/mol. The molecule has 2 rings (SSSR count). The van der Waals surface area contributed by atoms with Crippen LogP contribution in [0.25, 0.3) is 0 Å². The van der Waals surface area contributed by atoms with Crippen molar-refractivity contribution in [3.05, 3.63) is 0 Å². The molecule has 0 bridgehead atoms. The van der Waals surface area contributed by atoms with Gasteiger partial charge in [-0.1, -0.05) is 39.5 Å².